The fourth-order valence-corrected chi connectivity index (χ4v) is 6.91. The van der Waals surface area contributed by atoms with Gasteiger partial charge in [0.1, 0.15) is 10.1 Å². The fourth-order valence-electron chi connectivity index (χ4n) is 3.67. The van der Waals surface area contributed by atoms with Crippen LogP contribution in [-0.2, 0) is 13.1 Å². The monoisotopic (exact) mass is 576 g/mol. The van der Waals surface area contributed by atoms with Gasteiger partial charge in [-0.25, -0.2) is 29.3 Å². The molecular formula is C25H36N8S4. The van der Waals surface area contributed by atoms with Gasteiger partial charge in [0.05, 0.1) is 23.2 Å². The Hall–Kier alpha value is -1.50. The van der Waals surface area contributed by atoms with E-state index in [1.165, 1.54) is 0 Å². The Morgan fingerprint density at radius 3 is 1.30 bits per heavy atom. The first kappa shape index (κ1) is 28.5. The second kappa shape index (κ2) is 12.6. The minimum absolute atomic E-state index is 0.415. The molecule has 0 saturated carbocycles. The molecule has 0 aliphatic carbocycles. The van der Waals surface area contributed by atoms with Crippen molar-refractivity contribution in [2.45, 2.75) is 116 Å². The summed E-state index contributed by atoms with van der Waals surface area (Å²) in [5, 5.41) is 16.8. The van der Waals surface area contributed by atoms with Gasteiger partial charge in [-0.1, -0.05) is 78.9 Å². The van der Waals surface area contributed by atoms with E-state index in [0.29, 0.717) is 21.0 Å². The lowest BCUT2D eigenvalue weighted by Gasteiger charge is -2.11. The van der Waals surface area contributed by atoms with E-state index in [1.54, 1.807) is 47.0 Å². The van der Waals surface area contributed by atoms with Crippen molar-refractivity contribution >= 4 is 69.1 Å². The van der Waals surface area contributed by atoms with Crippen molar-refractivity contribution < 1.29 is 0 Å². The van der Waals surface area contributed by atoms with E-state index >= 15 is 0 Å². The lowest BCUT2D eigenvalue weighted by molar-refractivity contribution is 0.512. The van der Waals surface area contributed by atoms with E-state index in [2.05, 4.69) is 65.6 Å². The van der Waals surface area contributed by atoms with Crippen LogP contribution in [-0.4, -0.2) is 60.5 Å². The maximum absolute atomic E-state index is 4.88. The number of aromatic nitrogens is 8. The smallest absolute Gasteiger partial charge is 0.190 e. The van der Waals surface area contributed by atoms with Crippen molar-refractivity contribution in [1.29, 1.82) is 0 Å². The Morgan fingerprint density at radius 2 is 0.946 bits per heavy atom. The summed E-state index contributed by atoms with van der Waals surface area (Å²) in [4.78, 5) is 19.4. The van der Waals surface area contributed by atoms with Crippen LogP contribution in [0.1, 0.15) is 61.8 Å². The summed E-state index contributed by atoms with van der Waals surface area (Å²) in [5.41, 5.74) is 1.81. The number of rotatable bonds is 12. The maximum atomic E-state index is 4.88. The van der Waals surface area contributed by atoms with E-state index in [9.17, 15) is 0 Å². The van der Waals surface area contributed by atoms with E-state index in [-0.39, 0.29) is 0 Å². The van der Waals surface area contributed by atoms with E-state index in [1.807, 2.05) is 21.8 Å². The molecule has 0 bridgehead atoms. The Bertz CT molecular complexity index is 1240. The molecule has 12 heteroatoms. The van der Waals surface area contributed by atoms with Gasteiger partial charge >= 0.3 is 0 Å². The molecule has 4 rings (SSSR count). The van der Waals surface area contributed by atoms with Crippen LogP contribution in [0.5, 0.6) is 0 Å². The van der Waals surface area contributed by atoms with Gasteiger partial charge in [-0.15, -0.1) is 23.5 Å². The molecule has 0 N–H and O–H groups in total. The molecule has 4 heterocycles. The molecule has 4 aromatic heterocycles. The average Bonchev–Trinajstić information content (AvgIpc) is 3.37. The number of nitrogens with zero attached hydrogens (tertiary/aromatic N) is 8. The van der Waals surface area contributed by atoms with Crippen molar-refractivity contribution in [3.05, 3.63) is 12.4 Å². The number of hydrogen-bond donors (Lipinski definition) is 0. The van der Waals surface area contributed by atoms with Gasteiger partial charge in [-0.05, 0) is 6.42 Å². The Morgan fingerprint density at radius 1 is 0.568 bits per heavy atom. The van der Waals surface area contributed by atoms with Gasteiger partial charge < -0.3 is 0 Å². The molecule has 0 saturated heterocycles. The van der Waals surface area contributed by atoms with Gasteiger partial charge in [0, 0.05) is 34.1 Å². The van der Waals surface area contributed by atoms with E-state index in [0.717, 1.165) is 61.9 Å². The highest BCUT2D eigenvalue weighted by Crippen LogP contribution is 2.33. The molecule has 4 aromatic rings. The Labute approximate surface area is 236 Å². The zero-order valence-corrected chi connectivity index (χ0v) is 26.1. The summed E-state index contributed by atoms with van der Waals surface area (Å²) in [6.45, 7) is 18.9. The summed E-state index contributed by atoms with van der Waals surface area (Å²) < 4.78 is 4.01. The predicted octanol–water partition coefficient (Wildman–Crippen LogP) is 7.06. The summed E-state index contributed by atoms with van der Waals surface area (Å²) in [6.07, 6.45) is 4.68. The first-order valence-corrected chi connectivity index (χ1v) is 16.3. The third kappa shape index (κ3) is 7.33. The molecule has 8 nitrogen and oxygen atoms in total. The minimum Gasteiger partial charge on any atom is -0.247 e. The van der Waals surface area contributed by atoms with E-state index < -0.39 is 0 Å². The van der Waals surface area contributed by atoms with Crippen molar-refractivity contribution in [2.75, 3.05) is 0 Å². The molecule has 0 fully saturated rings. The van der Waals surface area contributed by atoms with E-state index in [4.69, 9.17) is 19.9 Å². The second-order valence-electron chi connectivity index (χ2n) is 9.85. The summed E-state index contributed by atoms with van der Waals surface area (Å²) in [5.74, 6) is 0. The van der Waals surface area contributed by atoms with Crippen LogP contribution in [0.2, 0.25) is 0 Å². The highest BCUT2D eigenvalue weighted by molar-refractivity contribution is 8.01. The zero-order chi connectivity index (χ0) is 26.7. The van der Waals surface area contributed by atoms with Crippen molar-refractivity contribution in [1.82, 2.24) is 39.5 Å². The fraction of sp³-hybridized carbons (Fsp3) is 0.600. The molecule has 0 spiro atoms. The Balaban J connectivity index is 1.58. The third-order valence-electron chi connectivity index (χ3n) is 5.00. The molecule has 200 valence electrons. The molecule has 0 aliphatic heterocycles. The molecule has 37 heavy (non-hydrogen) atoms. The molecular weight excluding hydrogens is 541 g/mol. The number of thioether (sulfide) groups is 4. The molecule has 0 atom stereocenters. The normalized spacial score (nSPS) is 12.4. The van der Waals surface area contributed by atoms with Gasteiger partial charge in [-0.3, -0.25) is 0 Å². The minimum atomic E-state index is 0.415. The van der Waals surface area contributed by atoms with Crippen molar-refractivity contribution in [3.8, 4) is 0 Å². The van der Waals surface area contributed by atoms with Crippen LogP contribution in [0, 0.1) is 0 Å². The number of aryl methyl sites for hydroxylation is 2. The second-order valence-corrected chi connectivity index (χ2v) is 16.1. The summed E-state index contributed by atoms with van der Waals surface area (Å²) >= 11 is 6.92. The van der Waals surface area contributed by atoms with Crippen molar-refractivity contribution in [3.63, 3.8) is 0 Å². The highest BCUT2D eigenvalue weighted by atomic mass is 32.2. The molecule has 0 aliphatic rings. The average molecular weight is 577 g/mol. The van der Waals surface area contributed by atoms with Crippen LogP contribution in [0.3, 0.4) is 0 Å². The molecule has 0 unspecified atom stereocenters. The number of fused-ring (bicyclic) bond motifs is 2. The topological polar surface area (TPSA) is 87.2 Å². The van der Waals surface area contributed by atoms with Crippen LogP contribution in [0.15, 0.2) is 32.8 Å². The van der Waals surface area contributed by atoms with Crippen LogP contribution in [0.25, 0.3) is 22.1 Å². The lowest BCUT2D eigenvalue weighted by atomic mass is 10.4. The zero-order valence-electron chi connectivity index (χ0n) is 22.8. The van der Waals surface area contributed by atoms with Crippen LogP contribution in [0.4, 0.5) is 0 Å². The summed E-state index contributed by atoms with van der Waals surface area (Å²) in [7, 11) is 0. The van der Waals surface area contributed by atoms with Crippen molar-refractivity contribution in [2.24, 2.45) is 0 Å². The quantitative estimate of drug-likeness (QED) is 0.0992. The number of hydrogen-bond acceptors (Lipinski definition) is 10. The standard InChI is InChI=1S/C25H36N8S4/c1-14(2)34-22-18-12-26-32(20(18)28-24(30-22)36-16(5)6)10-9-11-33-21-19(13-27-33)23(35-15(3)4)31-25(29-21)37-17(7)8/h12-17H,9-11H2,1-8H3. The van der Waals surface area contributed by atoms with Gasteiger partial charge in [0.2, 0.25) is 0 Å². The van der Waals surface area contributed by atoms with Gasteiger partial charge in [0.15, 0.2) is 21.6 Å². The summed E-state index contributed by atoms with van der Waals surface area (Å²) in [6, 6.07) is 0. The predicted molar refractivity (Wildman–Crippen MR) is 159 cm³/mol. The van der Waals surface area contributed by atoms with Gasteiger partial charge in [-0.2, -0.15) is 10.2 Å². The largest absolute Gasteiger partial charge is 0.247 e. The maximum Gasteiger partial charge on any atom is 0.190 e. The highest BCUT2D eigenvalue weighted by Gasteiger charge is 2.18. The lowest BCUT2D eigenvalue weighted by Crippen LogP contribution is -2.08. The third-order valence-corrected chi connectivity index (χ3v) is 8.74. The molecule has 0 radical (unpaired) electrons. The van der Waals surface area contributed by atoms with Crippen LogP contribution < -0.4 is 0 Å². The van der Waals surface area contributed by atoms with Gasteiger partial charge in [0.25, 0.3) is 0 Å². The SMILES string of the molecule is CC(C)Sc1nc(SC(C)C)c2cnn(CCCn3ncc4c(SC(C)C)nc(SC(C)C)nc43)c2n1. The first-order valence-electron chi connectivity index (χ1n) is 12.7. The molecule has 0 amide bonds. The molecule has 0 aromatic carbocycles. The van der Waals surface area contributed by atoms with Crippen LogP contribution >= 0.6 is 47.0 Å². The Kier molecular flexibility index (Phi) is 9.68. The first-order chi connectivity index (χ1) is 17.6.